The van der Waals surface area contributed by atoms with Crippen molar-refractivity contribution in [2.45, 2.75) is 6.92 Å². The lowest BCUT2D eigenvalue weighted by Crippen LogP contribution is -2.00. The highest BCUT2D eigenvalue weighted by Crippen LogP contribution is 2.37. The molecule has 0 amide bonds. The lowest BCUT2D eigenvalue weighted by atomic mass is 9.93. The van der Waals surface area contributed by atoms with Gasteiger partial charge < -0.3 is 8.94 Å². The summed E-state index contributed by atoms with van der Waals surface area (Å²) in [4.78, 5) is 12.4. The van der Waals surface area contributed by atoms with Crippen LogP contribution in [0.1, 0.15) is 5.69 Å². The van der Waals surface area contributed by atoms with Gasteiger partial charge in [0.05, 0.1) is 11.1 Å². The van der Waals surface area contributed by atoms with Crippen molar-refractivity contribution in [3.05, 3.63) is 88.9 Å². The standard InChI is InChI=1S/C23H15NO3/c1-14-21-22(27-24-14)19-12-17(15-8-4-2-5-9-15)18(13-20(19)26-23(21)25)16-10-6-3-7-11-16/h2-13H,1H3. The molecule has 5 aromatic rings. The minimum absolute atomic E-state index is 0.397. The summed E-state index contributed by atoms with van der Waals surface area (Å²) in [5.41, 5.74) is 5.23. The fraction of sp³-hybridized carbons (Fsp3) is 0.0435. The fourth-order valence-corrected chi connectivity index (χ4v) is 3.50. The Bertz CT molecular complexity index is 1330. The summed E-state index contributed by atoms with van der Waals surface area (Å²) in [6.45, 7) is 1.74. The summed E-state index contributed by atoms with van der Waals surface area (Å²) in [6, 6.07) is 24.1. The third-order valence-electron chi connectivity index (χ3n) is 4.80. The van der Waals surface area contributed by atoms with Gasteiger partial charge in [0, 0.05) is 0 Å². The van der Waals surface area contributed by atoms with Crippen LogP contribution in [0.2, 0.25) is 0 Å². The molecule has 0 N–H and O–H groups in total. The minimum atomic E-state index is -0.428. The lowest BCUT2D eigenvalue weighted by molar-refractivity contribution is 0.451. The number of hydrogen-bond acceptors (Lipinski definition) is 4. The van der Waals surface area contributed by atoms with E-state index in [0.717, 1.165) is 27.6 Å². The summed E-state index contributed by atoms with van der Waals surface area (Å²) >= 11 is 0. The summed E-state index contributed by atoms with van der Waals surface area (Å²) < 4.78 is 11.1. The van der Waals surface area contributed by atoms with Gasteiger partial charge in [-0.1, -0.05) is 65.8 Å². The molecule has 0 aliphatic carbocycles. The van der Waals surface area contributed by atoms with Gasteiger partial charge in [-0.3, -0.25) is 0 Å². The highest BCUT2D eigenvalue weighted by atomic mass is 16.5. The van der Waals surface area contributed by atoms with Crippen LogP contribution in [0.15, 0.2) is 86.5 Å². The number of benzene rings is 3. The largest absolute Gasteiger partial charge is 0.422 e. The van der Waals surface area contributed by atoms with Crippen LogP contribution in [0.25, 0.3) is 44.2 Å². The van der Waals surface area contributed by atoms with E-state index in [-0.39, 0.29) is 0 Å². The van der Waals surface area contributed by atoms with E-state index in [9.17, 15) is 4.79 Å². The molecule has 2 aromatic heterocycles. The zero-order valence-corrected chi connectivity index (χ0v) is 14.6. The third-order valence-corrected chi connectivity index (χ3v) is 4.80. The number of rotatable bonds is 2. The van der Waals surface area contributed by atoms with Crippen molar-refractivity contribution in [3.63, 3.8) is 0 Å². The number of nitrogens with zero attached hydrogens (tertiary/aromatic N) is 1. The van der Waals surface area contributed by atoms with E-state index in [2.05, 4.69) is 17.3 Å². The van der Waals surface area contributed by atoms with Crippen LogP contribution in [-0.2, 0) is 0 Å². The average Bonchev–Trinajstić information content (AvgIpc) is 3.11. The second-order valence-electron chi connectivity index (χ2n) is 6.49. The summed E-state index contributed by atoms with van der Waals surface area (Å²) in [5.74, 6) is 0. The Morgan fingerprint density at radius 1 is 0.815 bits per heavy atom. The molecule has 0 unspecified atom stereocenters. The molecule has 4 heteroatoms. The molecule has 0 fully saturated rings. The van der Waals surface area contributed by atoms with E-state index in [4.69, 9.17) is 8.94 Å². The van der Waals surface area contributed by atoms with E-state index < -0.39 is 5.63 Å². The molecule has 0 aliphatic heterocycles. The number of aromatic nitrogens is 1. The van der Waals surface area contributed by atoms with Crippen LogP contribution in [-0.4, -0.2) is 5.16 Å². The number of aryl methyl sites for hydroxylation is 1. The topological polar surface area (TPSA) is 56.2 Å². The van der Waals surface area contributed by atoms with Crippen LogP contribution in [0, 0.1) is 6.92 Å². The van der Waals surface area contributed by atoms with Gasteiger partial charge in [-0.25, -0.2) is 4.79 Å². The van der Waals surface area contributed by atoms with Gasteiger partial charge in [-0.05, 0) is 41.3 Å². The highest BCUT2D eigenvalue weighted by molar-refractivity contribution is 6.05. The van der Waals surface area contributed by atoms with Gasteiger partial charge >= 0.3 is 5.63 Å². The molecular formula is C23H15NO3. The molecule has 4 nitrogen and oxygen atoms in total. The van der Waals surface area contributed by atoms with Crippen molar-refractivity contribution < 1.29 is 8.94 Å². The number of fused-ring (bicyclic) bond motifs is 3. The Labute approximate surface area is 154 Å². The zero-order chi connectivity index (χ0) is 18.4. The van der Waals surface area contributed by atoms with Crippen molar-refractivity contribution >= 4 is 21.9 Å². The number of hydrogen-bond donors (Lipinski definition) is 0. The Morgan fingerprint density at radius 3 is 2.04 bits per heavy atom. The Hall–Kier alpha value is -3.66. The van der Waals surface area contributed by atoms with Gasteiger partial charge in [0.15, 0.2) is 5.58 Å². The van der Waals surface area contributed by atoms with Gasteiger partial charge in [0.2, 0.25) is 0 Å². The zero-order valence-electron chi connectivity index (χ0n) is 14.6. The third kappa shape index (κ3) is 2.46. The molecule has 130 valence electrons. The molecule has 0 atom stereocenters. The van der Waals surface area contributed by atoms with Gasteiger partial charge in [-0.15, -0.1) is 0 Å². The monoisotopic (exact) mass is 353 g/mol. The first-order valence-corrected chi connectivity index (χ1v) is 8.70. The van der Waals surface area contributed by atoms with E-state index in [1.54, 1.807) is 6.92 Å². The maximum atomic E-state index is 12.4. The SMILES string of the molecule is Cc1noc2c1c(=O)oc1cc(-c3ccccc3)c(-c3ccccc3)cc12. The second-order valence-corrected chi connectivity index (χ2v) is 6.49. The van der Waals surface area contributed by atoms with Gasteiger partial charge in [0.1, 0.15) is 11.0 Å². The van der Waals surface area contributed by atoms with Crippen molar-refractivity contribution in [2.24, 2.45) is 0 Å². The van der Waals surface area contributed by atoms with E-state index in [1.165, 1.54) is 0 Å². The summed E-state index contributed by atoms with van der Waals surface area (Å²) in [7, 11) is 0. The van der Waals surface area contributed by atoms with Crippen molar-refractivity contribution in [2.75, 3.05) is 0 Å². The molecule has 27 heavy (non-hydrogen) atoms. The molecule has 2 heterocycles. The Balaban J connectivity index is 1.93. The first-order chi connectivity index (χ1) is 13.2. The highest BCUT2D eigenvalue weighted by Gasteiger charge is 2.18. The Morgan fingerprint density at radius 2 is 1.41 bits per heavy atom. The molecular weight excluding hydrogens is 338 g/mol. The van der Waals surface area contributed by atoms with Crippen LogP contribution < -0.4 is 5.63 Å². The van der Waals surface area contributed by atoms with Gasteiger partial charge in [0.25, 0.3) is 0 Å². The van der Waals surface area contributed by atoms with Gasteiger partial charge in [-0.2, -0.15) is 0 Å². The molecule has 0 saturated heterocycles. The smallest absolute Gasteiger partial charge is 0.349 e. The fourth-order valence-electron chi connectivity index (χ4n) is 3.50. The molecule has 0 bridgehead atoms. The normalized spacial score (nSPS) is 11.3. The Kier molecular flexibility index (Phi) is 3.44. The first-order valence-electron chi connectivity index (χ1n) is 8.70. The lowest BCUT2D eigenvalue weighted by Gasteiger charge is -2.12. The molecule has 5 rings (SSSR count). The predicted octanol–water partition coefficient (Wildman–Crippen LogP) is 5.58. The molecule has 0 spiro atoms. The van der Waals surface area contributed by atoms with Crippen molar-refractivity contribution in [1.82, 2.24) is 5.16 Å². The quantitative estimate of drug-likeness (QED) is 0.389. The minimum Gasteiger partial charge on any atom is -0.422 e. The van der Waals surface area contributed by atoms with Crippen LogP contribution in [0.3, 0.4) is 0 Å². The maximum absolute atomic E-state index is 12.4. The summed E-state index contributed by atoms with van der Waals surface area (Å²) in [6.07, 6.45) is 0. The summed E-state index contributed by atoms with van der Waals surface area (Å²) in [5, 5.41) is 5.09. The maximum Gasteiger partial charge on any atom is 0.349 e. The van der Waals surface area contributed by atoms with Crippen molar-refractivity contribution in [3.8, 4) is 22.3 Å². The second kappa shape index (κ2) is 5.95. The predicted molar refractivity (Wildman–Crippen MR) is 106 cm³/mol. The molecule has 0 aliphatic rings. The van der Waals surface area contributed by atoms with E-state index in [0.29, 0.717) is 22.2 Å². The van der Waals surface area contributed by atoms with Crippen LogP contribution in [0.5, 0.6) is 0 Å². The van der Waals surface area contributed by atoms with Crippen LogP contribution >= 0.6 is 0 Å². The molecule has 0 saturated carbocycles. The first kappa shape index (κ1) is 15.6. The van der Waals surface area contributed by atoms with E-state index >= 15 is 0 Å². The average molecular weight is 353 g/mol. The molecule has 0 radical (unpaired) electrons. The van der Waals surface area contributed by atoms with Crippen molar-refractivity contribution in [1.29, 1.82) is 0 Å². The molecule has 3 aromatic carbocycles. The van der Waals surface area contributed by atoms with E-state index in [1.807, 2.05) is 60.7 Å². The van der Waals surface area contributed by atoms with Crippen LogP contribution in [0.4, 0.5) is 0 Å².